The highest BCUT2D eigenvalue weighted by Crippen LogP contribution is 2.37. The van der Waals surface area contributed by atoms with Crippen molar-refractivity contribution in [2.75, 3.05) is 12.4 Å². The Hall–Kier alpha value is -4.45. The van der Waals surface area contributed by atoms with E-state index in [0.717, 1.165) is 12.1 Å². The predicted molar refractivity (Wildman–Crippen MR) is 122 cm³/mol. The lowest BCUT2D eigenvalue weighted by Crippen LogP contribution is -2.41. The molecule has 1 atom stereocenters. The number of rotatable bonds is 5. The summed E-state index contributed by atoms with van der Waals surface area (Å²) in [5.74, 6) is -1.54. The minimum Gasteiger partial charge on any atom is -0.410 e. The Kier molecular flexibility index (Phi) is 6.38. The Morgan fingerprint density at radius 3 is 2.60 bits per heavy atom. The normalized spacial score (nSPS) is 14.5. The molecule has 2 heterocycles. The number of amides is 3. The summed E-state index contributed by atoms with van der Waals surface area (Å²) in [6.45, 7) is -0.236. The van der Waals surface area contributed by atoms with Gasteiger partial charge >= 0.3 is 6.09 Å². The van der Waals surface area contributed by atoms with Gasteiger partial charge in [0.15, 0.2) is 0 Å². The fourth-order valence-electron chi connectivity index (χ4n) is 3.72. The number of nitrogens with zero attached hydrogens (tertiary/aromatic N) is 2. The number of benzene rings is 2. The molecule has 4 rings (SSSR count). The van der Waals surface area contributed by atoms with Gasteiger partial charge in [-0.1, -0.05) is 11.6 Å². The van der Waals surface area contributed by atoms with Gasteiger partial charge in [0.2, 0.25) is 5.91 Å². The molecule has 0 saturated carbocycles. The molecule has 1 aromatic heterocycles. The van der Waals surface area contributed by atoms with E-state index in [1.165, 1.54) is 48.0 Å². The number of hydrogen-bond acceptors (Lipinski definition) is 6. The third kappa shape index (κ3) is 4.77. The highest BCUT2D eigenvalue weighted by molar-refractivity contribution is 6.31. The van der Waals surface area contributed by atoms with E-state index in [9.17, 15) is 28.9 Å². The Morgan fingerprint density at radius 2 is 1.94 bits per heavy atom. The van der Waals surface area contributed by atoms with Gasteiger partial charge < -0.3 is 19.9 Å². The number of nitro benzene ring substituents is 1. The SMILES string of the molecule is CNC(=O)c1cc(NC(=O)Oc2ccc([N+](=O)[O-])cc2)c2n1CC(=O)NC2c1cc(F)ccc1Cl. The van der Waals surface area contributed by atoms with Gasteiger partial charge in [0.05, 0.1) is 22.3 Å². The van der Waals surface area contributed by atoms with Crippen molar-refractivity contribution in [1.82, 2.24) is 15.2 Å². The molecule has 0 spiro atoms. The molecule has 11 nitrogen and oxygen atoms in total. The average molecular weight is 502 g/mol. The first-order chi connectivity index (χ1) is 16.7. The Labute approximate surface area is 202 Å². The molecule has 2 aromatic carbocycles. The maximum Gasteiger partial charge on any atom is 0.417 e. The molecule has 3 N–H and O–H groups in total. The molecule has 1 unspecified atom stereocenters. The van der Waals surface area contributed by atoms with Crippen LogP contribution in [0.25, 0.3) is 0 Å². The summed E-state index contributed by atoms with van der Waals surface area (Å²) in [5.41, 5.74) is 0.493. The van der Waals surface area contributed by atoms with Gasteiger partial charge in [0, 0.05) is 29.8 Å². The van der Waals surface area contributed by atoms with Crippen molar-refractivity contribution in [3.63, 3.8) is 0 Å². The van der Waals surface area contributed by atoms with Gasteiger partial charge in [0.1, 0.15) is 23.8 Å². The minimum atomic E-state index is -0.993. The molecule has 1 aliphatic rings. The van der Waals surface area contributed by atoms with E-state index in [1.807, 2.05) is 0 Å². The second kappa shape index (κ2) is 9.43. The molecule has 3 aromatic rings. The summed E-state index contributed by atoms with van der Waals surface area (Å²) in [4.78, 5) is 47.8. The predicted octanol–water partition coefficient (Wildman–Crippen LogP) is 3.38. The summed E-state index contributed by atoms with van der Waals surface area (Å²) in [6.07, 6.45) is -0.961. The molecule has 0 radical (unpaired) electrons. The number of ether oxygens (including phenoxy) is 1. The van der Waals surface area contributed by atoms with E-state index in [-0.39, 0.29) is 45.6 Å². The number of anilines is 1. The monoisotopic (exact) mass is 501 g/mol. The van der Waals surface area contributed by atoms with E-state index in [2.05, 4.69) is 16.0 Å². The number of halogens is 2. The van der Waals surface area contributed by atoms with E-state index in [1.54, 1.807) is 0 Å². The first kappa shape index (κ1) is 23.7. The van der Waals surface area contributed by atoms with Gasteiger partial charge in [-0.2, -0.15) is 0 Å². The van der Waals surface area contributed by atoms with Crippen LogP contribution in [0, 0.1) is 15.9 Å². The summed E-state index contributed by atoms with van der Waals surface area (Å²) in [7, 11) is 1.40. The molecule has 0 bridgehead atoms. The van der Waals surface area contributed by atoms with Gasteiger partial charge in [-0.25, -0.2) is 9.18 Å². The first-order valence-electron chi connectivity index (χ1n) is 10.1. The molecule has 0 saturated heterocycles. The van der Waals surface area contributed by atoms with Crippen molar-refractivity contribution >= 4 is 40.9 Å². The smallest absolute Gasteiger partial charge is 0.410 e. The molecular formula is C22H17ClFN5O6. The molecule has 0 aliphatic carbocycles. The fourth-order valence-corrected chi connectivity index (χ4v) is 3.95. The zero-order valence-electron chi connectivity index (χ0n) is 18.0. The topological polar surface area (TPSA) is 145 Å². The lowest BCUT2D eigenvalue weighted by atomic mass is 10.0. The number of carbonyl (C=O) groups is 3. The van der Waals surface area contributed by atoms with Crippen LogP contribution in [0.5, 0.6) is 5.75 Å². The van der Waals surface area contributed by atoms with Gasteiger partial charge in [0.25, 0.3) is 11.6 Å². The van der Waals surface area contributed by atoms with Crippen LogP contribution in [0.15, 0.2) is 48.5 Å². The molecule has 0 fully saturated rings. The van der Waals surface area contributed by atoms with Crippen molar-refractivity contribution in [2.24, 2.45) is 0 Å². The lowest BCUT2D eigenvalue weighted by Gasteiger charge is -2.29. The molecule has 35 heavy (non-hydrogen) atoms. The number of non-ortho nitro benzene ring substituents is 1. The standard InChI is InChI=1S/C22H17ClFN5O6/c1-25-21(31)17-9-16(26-22(32)35-13-5-3-12(4-6-13)29(33)34)20-19(27-18(30)10-28(17)20)14-8-11(24)2-7-15(14)23/h2-9,19H,10H2,1H3,(H,25,31)(H,26,32)(H,27,30). The quantitative estimate of drug-likeness (QED) is 0.361. The first-order valence-corrected chi connectivity index (χ1v) is 10.5. The van der Waals surface area contributed by atoms with Crippen molar-refractivity contribution in [3.05, 3.63) is 86.4 Å². The van der Waals surface area contributed by atoms with Crippen molar-refractivity contribution in [1.29, 1.82) is 0 Å². The van der Waals surface area contributed by atoms with Gasteiger partial charge in [-0.15, -0.1) is 0 Å². The Bertz CT molecular complexity index is 1360. The number of nitrogens with one attached hydrogen (secondary N) is 3. The van der Waals surface area contributed by atoms with Crippen LogP contribution in [0.1, 0.15) is 27.8 Å². The number of carbonyl (C=O) groups excluding carboxylic acids is 3. The fraction of sp³-hybridized carbons (Fsp3) is 0.136. The zero-order chi connectivity index (χ0) is 25.3. The van der Waals surface area contributed by atoms with Crippen LogP contribution < -0.4 is 20.7 Å². The lowest BCUT2D eigenvalue weighted by molar-refractivity contribution is -0.384. The van der Waals surface area contributed by atoms with E-state index in [4.69, 9.17) is 16.3 Å². The number of fused-ring (bicyclic) bond motifs is 1. The van der Waals surface area contributed by atoms with Gasteiger partial charge in [-0.05, 0) is 36.4 Å². The highest BCUT2D eigenvalue weighted by Gasteiger charge is 2.34. The Balaban J connectivity index is 1.72. The third-order valence-electron chi connectivity index (χ3n) is 5.24. The maximum atomic E-state index is 14.0. The van der Waals surface area contributed by atoms with Crippen LogP contribution in [0.3, 0.4) is 0 Å². The van der Waals surface area contributed by atoms with Gasteiger partial charge in [-0.3, -0.25) is 25.0 Å². The van der Waals surface area contributed by atoms with E-state index >= 15 is 0 Å². The van der Waals surface area contributed by atoms with E-state index < -0.39 is 34.7 Å². The number of aromatic nitrogens is 1. The van der Waals surface area contributed by atoms with Crippen LogP contribution in [0.4, 0.5) is 20.6 Å². The average Bonchev–Trinajstić information content (AvgIpc) is 3.17. The minimum absolute atomic E-state index is 0.0331. The second-order valence-corrected chi connectivity index (χ2v) is 7.83. The van der Waals surface area contributed by atoms with Crippen LogP contribution in [-0.4, -0.2) is 34.4 Å². The van der Waals surface area contributed by atoms with Crippen molar-refractivity contribution in [2.45, 2.75) is 12.6 Å². The number of hydrogen-bond donors (Lipinski definition) is 3. The molecule has 13 heteroatoms. The van der Waals surface area contributed by atoms with Crippen LogP contribution >= 0.6 is 11.6 Å². The molecular weight excluding hydrogens is 485 g/mol. The second-order valence-electron chi connectivity index (χ2n) is 7.43. The van der Waals surface area contributed by atoms with Crippen molar-refractivity contribution < 1.29 is 28.4 Å². The van der Waals surface area contributed by atoms with Crippen molar-refractivity contribution in [3.8, 4) is 5.75 Å². The largest absolute Gasteiger partial charge is 0.417 e. The van der Waals surface area contributed by atoms with Crippen LogP contribution in [-0.2, 0) is 11.3 Å². The third-order valence-corrected chi connectivity index (χ3v) is 5.59. The molecule has 3 amide bonds. The highest BCUT2D eigenvalue weighted by atomic mass is 35.5. The summed E-state index contributed by atoms with van der Waals surface area (Å²) >= 11 is 6.27. The molecule has 1 aliphatic heterocycles. The summed E-state index contributed by atoms with van der Waals surface area (Å²) in [6, 6.07) is 8.83. The van der Waals surface area contributed by atoms with E-state index in [0.29, 0.717) is 0 Å². The summed E-state index contributed by atoms with van der Waals surface area (Å²) in [5, 5.41) is 18.7. The Morgan fingerprint density at radius 1 is 1.23 bits per heavy atom. The number of nitro groups is 1. The van der Waals surface area contributed by atoms with Crippen LogP contribution in [0.2, 0.25) is 5.02 Å². The molecule has 180 valence electrons. The summed E-state index contributed by atoms with van der Waals surface area (Å²) < 4.78 is 20.6. The zero-order valence-corrected chi connectivity index (χ0v) is 18.8. The maximum absolute atomic E-state index is 14.0.